The highest BCUT2D eigenvalue weighted by Crippen LogP contribution is 2.12. The molecule has 0 amide bonds. The van der Waals surface area contributed by atoms with Gasteiger partial charge in [-0.1, -0.05) is 30.3 Å². The van der Waals surface area contributed by atoms with Crippen LogP contribution in [0.1, 0.15) is 12.5 Å². The lowest BCUT2D eigenvalue weighted by molar-refractivity contribution is 0.218. The molecule has 1 atom stereocenters. The van der Waals surface area contributed by atoms with Gasteiger partial charge in [-0.2, -0.15) is 0 Å². The summed E-state index contributed by atoms with van der Waals surface area (Å²) in [5, 5.41) is 1.35. The first-order valence-electron chi connectivity index (χ1n) is 6.43. The summed E-state index contributed by atoms with van der Waals surface area (Å²) in [5.41, 5.74) is 1.31. The van der Waals surface area contributed by atoms with Crippen LogP contribution in [0.4, 0.5) is 0 Å². The molecule has 1 aromatic heterocycles. The van der Waals surface area contributed by atoms with Gasteiger partial charge < -0.3 is 9.41 Å². The number of hydrogen-bond acceptors (Lipinski definition) is 1. The molecule has 0 bridgehead atoms. The molecule has 0 fully saturated rings. The maximum absolute atomic E-state index is 6.32. The van der Waals surface area contributed by atoms with E-state index >= 15 is 0 Å². The van der Waals surface area contributed by atoms with Crippen molar-refractivity contribution < 1.29 is 4.43 Å². The number of rotatable bonds is 5. The maximum Gasteiger partial charge on any atom is 0.218 e. The van der Waals surface area contributed by atoms with Crippen molar-refractivity contribution in [1.82, 2.24) is 4.98 Å². The molecule has 2 rings (SSSR count). The van der Waals surface area contributed by atoms with Gasteiger partial charge in [-0.25, -0.2) is 0 Å². The molecule has 1 N–H and O–H groups in total. The molecular weight excluding hydrogens is 238 g/mol. The van der Waals surface area contributed by atoms with Crippen LogP contribution >= 0.6 is 0 Å². The zero-order valence-corrected chi connectivity index (χ0v) is 12.3. The monoisotopic (exact) mass is 259 g/mol. The van der Waals surface area contributed by atoms with E-state index in [1.807, 2.05) is 12.4 Å². The second kappa shape index (κ2) is 5.55. The molecule has 0 aliphatic carbocycles. The highest BCUT2D eigenvalue weighted by molar-refractivity contribution is 6.84. The molecule has 1 aromatic carbocycles. The number of aromatic amines is 1. The van der Waals surface area contributed by atoms with Gasteiger partial charge in [0.25, 0.3) is 0 Å². The van der Waals surface area contributed by atoms with Gasteiger partial charge in [0.2, 0.25) is 8.32 Å². The highest BCUT2D eigenvalue weighted by atomic mass is 28.4. The van der Waals surface area contributed by atoms with E-state index in [2.05, 4.69) is 61.4 Å². The van der Waals surface area contributed by atoms with E-state index in [4.69, 9.17) is 4.43 Å². The Hall–Kier alpha value is -1.32. The highest BCUT2D eigenvalue weighted by Gasteiger charge is 2.27. The van der Waals surface area contributed by atoms with Crippen molar-refractivity contribution in [3.05, 3.63) is 54.4 Å². The summed E-state index contributed by atoms with van der Waals surface area (Å²) in [5.74, 6) is 0. The van der Waals surface area contributed by atoms with Gasteiger partial charge in [0.15, 0.2) is 0 Å². The Labute approximate surface area is 110 Å². The topological polar surface area (TPSA) is 25.0 Å². The molecule has 0 radical (unpaired) electrons. The first kappa shape index (κ1) is 13.1. The van der Waals surface area contributed by atoms with Gasteiger partial charge in [-0.05, 0) is 43.3 Å². The van der Waals surface area contributed by atoms with Gasteiger partial charge in [-0.15, -0.1) is 0 Å². The minimum absolute atomic E-state index is 0.252. The quantitative estimate of drug-likeness (QED) is 0.820. The van der Waals surface area contributed by atoms with E-state index in [1.54, 1.807) is 0 Å². The van der Waals surface area contributed by atoms with Crippen molar-refractivity contribution >= 4 is 13.5 Å². The zero-order valence-electron chi connectivity index (χ0n) is 11.3. The lowest BCUT2D eigenvalue weighted by Gasteiger charge is -2.27. The number of nitrogens with one attached hydrogen (secondary N) is 1. The van der Waals surface area contributed by atoms with Crippen molar-refractivity contribution in [2.24, 2.45) is 0 Å². The van der Waals surface area contributed by atoms with E-state index in [9.17, 15) is 0 Å². The van der Waals surface area contributed by atoms with E-state index in [1.165, 1.54) is 10.8 Å². The summed E-state index contributed by atoms with van der Waals surface area (Å²) >= 11 is 0. The van der Waals surface area contributed by atoms with Crippen molar-refractivity contribution in [2.45, 2.75) is 32.5 Å². The molecule has 0 unspecified atom stereocenters. The van der Waals surface area contributed by atoms with Crippen LogP contribution in [-0.4, -0.2) is 19.4 Å². The third-order valence-electron chi connectivity index (χ3n) is 3.15. The Morgan fingerprint density at radius 3 is 2.50 bits per heavy atom. The Balaban J connectivity index is 1.99. The van der Waals surface area contributed by atoms with Crippen molar-refractivity contribution in [3.63, 3.8) is 0 Å². The predicted octanol–water partition coefficient (Wildman–Crippen LogP) is 3.07. The molecule has 0 saturated carbocycles. The van der Waals surface area contributed by atoms with Gasteiger partial charge in [0.05, 0.1) is 0 Å². The summed E-state index contributed by atoms with van der Waals surface area (Å²) < 4.78 is 6.32. The van der Waals surface area contributed by atoms with Gasteiger partial charge in [0, 0.05) is 18.5 Å². The van der Waals surface area contributed by atoms with E-state index in [0.29, 0.717) is 0 Å². The maximum atomic E-state index is 6.32. The molecular formula is C15H21NOSi. The van der Waals surface area contributed by atoms with E-state index < -0.39 is 8.32 Å². The Kier molecular flexibility index (Phi) is 4.04. The predicted molar refractivity (Wildman–Crippen MR) is 78.6 cm³/mol. The first-order valence-corrected chi connectivity index (χ1v) is 9.34. The minimum atomic E-state index is -1.79. The molecule has 3 heteroatoms. The molecule has 96 valence electrons. The van der Waals surface area contributed by atoms with E-state index in [0.717, 1.165) is 6.42 Å². The second-order valence-corrected chi connectivity index (χ2v) is 9.06. The lowest BCUT2D eigenvalue weighted by atomic mass is 10.2. The van der Waals surface area contributed by atoms with Crippen LogP contribution in [0.25, 0.3) is 0 Å². The molecule has 0 aliphatic rings. The van der Waals surface area contributed by atoms with Crippen LogP contribution in [0.2, 0.25) is 13.1 Å². The van der Waals surface area contributed by atoms with Crippen LogP contribution in [0, 0.1) is 0 Å². The van der Waals surface area contributed by atoms with Gasteiger partial charge >= 0.3 is 0 Å². The van der Waals surface area contributed by atoms with Crippen LogP contribution in [0.5, 0.6) is 0 Å². The number of H-pyrrole nitrogens is 1. The molecule has 0 spiro atoms. The standard InChI is InChI=1S/C15H21NOSi/c1-13(11-14-9-10-16-12-14)17-18(2,3)15-7-5-4-6-8-15/h4-10,12-13,16H,11H2,1-3H3/t13-/m1/s1. The first-order chi connectivity index (χ1) is 8.58. The summed E-state index contributed by atoms with van der Waals surface area (Å²) in [4.78, 5) is 3.09. The normalized spacial score (nSPS) is 13.5. The summed E-state index contributed by atoms with van der Waals surface area (Å²) in [6.45, 7) is 6.68. The van der Waals surface area contributed by atoms with Crippen molar-refractivity contribution in [3.8, 4) is 0 Å². The van der Waals surface area contributed by atoms with Gasteiger partial charge in [-0.3, -0.25) is 0 Å². The summed E-state index contributed by atoms with van der Waals surface area (Å²) in [7, 11) is -1.79. The summed E-state index contributed by atoms with van der Waals surface area (Å²) in [6, 6.07) is 12.7. The smallest absolute Gasteiger partial charge is 0.218 e. The number of benzene rings is 1. The molecule has 18 heavy (non-hydrogen) atoms. The SMILES string of the molecule is C[C@H](Cc1cc[nH]c1)O[Si](C)(C)c1ccccc1. The molecule has 1 heterocycles. The molecule has 0 saturated heterocycles. The number of hydrogen-bond donors (Lipinski definition) is 1. The zero-order chi connectivity index (χ0) is 13.0. The third kappa shape index (κ3) is 3.34. The fourth-order valence-corrected chi connectivity index (χ4v) is 4.49. The molecule has 0 aliphatic heterocycles. The second-order valence-electron chi connectivity index (χ2n) is 5.23. The van der Waals surface area contributed by atoms with E-state index in [-0.39, 0.29) is 6.10 Å². The Morgan fingerprint density at radius 2 is 1.89 bits per heavy atom. The Morgan fingerprint density at radius 1 is 1.17 bits per heavy atom. The average Bonchev–Trinajstić information content (AvgIpc) is 2.82. The fourth-order valence-electron chi connectivity index (χ4n) is 2.27. The van der Waals surface area contributed by atoms with Crippen LogP contribution in [0.15, 0.2) is 48.8 Å². The van der Waals surface area contributed by atoms with Crippen molar-refractivity contribution in [1.29, 1.82) is 0 Å². The van der Waals surface area contributed by atoms with Crippen molar-refractivity contribution in [2.75, 3.05) is 0 Å². The Bertz CT molecular complexity index is 465. The number of aromatic nitrogens is 1. The summed E-state index contributed by atoms with van der Waals surface area (Å²) in [6.07, 6.45) is 5.22. The minimum Gasteiger partial charge on any atom is -0.410 e. The average molecular weight is 259 g/mol. The van der Waals surface area contributed by atoms with Crippen LogP contribution < -0.4 is 5.19 Å². The van der Waals surface area contributed by atoms with Gasteiger partial charge in [0.1, 0.15) is 0 Å². The van der Waals surface area contributed by atoms with Crippen LogP contribution in [-0.2, 0) is 10.8 Å². The fraction of sp³-hybridized carbons (Fsp3) is 0.333. The molecule has 2 nitrogen and oxygen atoms in total. The lowest BCUT2D eigenvalue weighted by Crippen LogP contribution is -2.47. The largest absolute Gasteiger partial charge is 0.410 e. The molecule has 2 aromatic rings. The van der Waals surface area contributed by atoms with Crippen LogP contribution in [0.3, 0.4) is 0 Å². The third-order valence-corrected chi connectivity index (χ3v) is 5.87.